The molecule has 0 unspecified atom stereocenters. The average Bonchev–Trinajstić information content (AvgIpc) is 3.00. The van der Waals surface area contributed by atoms with Crippen LogP contribution in [0.4, 0.5) is 5.00 Å². The number of nitrogens with zero attached hydrogens (tertiary/aromatic N) is 2. The highest BCUT2D eigenvalue weighted by Crippen LogP contribution is 2.37. The Labute approximate surface area is 155 Å². The number of hydrogen-bond acceptors (Lipinski definition) is 5. The van der Waals surface area contributed by atoms with Gasteiger partial charge in [0.05, 0.1) is 11.8 Å². The molecule has 0 radical (unpaired) electrons. The highest BCUT2D eigenvalue weighted by molar-refractivity contribution is 7.16. The molecule has 1 aromatic heterocycles. The van der Waals surface area contributed by atoms with E-state index in [4.69, 9.17) is 0 Å². The Kier molecular flexibility index (Phi) is 5.44. The van der Waals surface area contributed by atoms with E-state index >= 15 is 0 Å². The first kappa shape index (κ1) is 17.8. The van der Waals surface area contributed by atoms with E-state index in [9.17, 15) is 14.9 Å². The predicted molar refractivity (Wildman–Crippen MR) is 101 cm³/mol. The predicted octanol–water partition coefficient (Wildman–Crippen LogP) is 2.90. The summed E-state index contributed by atoms with van der Waals surface area (Å²) in [5.74, 6) is -1.70. The van der Waals surface area contributed by atoms with Crippen LogP contribution in [0.5, 0.6) is 0 Å². The summed E-state index contributed by atoms with van der Waals surface area (Å²) in [6.07, 6.45) is 5.35. The SMILES string of the molecule is Cc1ccc(/C=N/NC(=O)C(=O)Nc2sc3c(c2C#N)CCCC3)cc1. The molecule has 26 heavy (non-hydrogen) atoms. The van der Waals surface area contributed by atoms with Gasteiger partial charge in [-0.2, -0.15) is 10.4 Å². The highest BCUT2D eigenvalue weighted by Gasteiger charge is 2.23. The zero-order valence-corrected chi connectivity index (χ0v) is 15.2. The molecule has 2 aromatic rings. The first-order valence-corrected chi connectivity index (χ1v) is 9.16. The van der Waals surface area contributed by atoms with Gasteiger partial charge in [0.1, 0.15) is 11.1 Å². The Morgan fingerprint density at radius 3 is 2.65 bits per heavy atom. The standard InChI is InChI=1S/C19H18N4O2S/c1-12-6-8-13(9-7-12)11-21-23-18(25)17(24)22-19-15(10-20)14-4-2-3-5-16(14)26-19/h6-9,11H,2-5H2,1H3,(H,22,24)(H,23,25)/b21-11+. The number of nitriles is 1. The minimum Gasteiger partial charge on any atom is -0.308 e. The molecule has 0 saturated heterocycles. The maximum Gasteiger partial charge on any atom is 0.329 e. The fourth-order valence-corrected chi connectivity index (χ4v) is 4.04. The number of nitrogens with one attached hydrogen (secondary N) is 2. The van der Waals surface area contributed by atoms with Crippen molar-refractivity contribution in [1.82, 2.24) is 5.43 Å². The van der Waals surface area contributed by atoms with Gasteiger partial charge in [-0.3, -0.25) is 9.59 Å². The van der Waals surface area contributed by atoms with Crippen molar-refractivity contribution in [3.8, 4) is 6.07 Å². The summed E-state index contributed by atoms with van der Waals surface area (Å²) in [7, 11) is 0. The van der Waals surface area contributed by atoms with Crippen molar-refractivity contribution in [2.75, 3.05) is 5.32 Å². The Morgan fingerprint density at radius 2 is 1.92 bits per heavy atom. The summed E-state index contributed by atoms with van der Waals surface area (Å²) >= 11 is 1.38. The Balaban J connectivity index is 1.63. The van der Waals surface area contributed by atoms with E-state index in [1.807, 2.05) is 31.2 Å². The van der Waals surface area contributed by atoms with Crippen LogP contribution in [-0.4, -0.2) is 18.0 Å². The molecule has 0 spiro atoms. The van der Waals surface area contributed by atoms with Gasteiger partial charge in [-0.1, -0.05) is 29.8 Å². The molecule has 2 N–H and O–H groups in total. The summed E-state index contributed by atoms with van der Waals surface area (Å²) in [4.78, 5) is 25.1. The quantitative estimate of drug-likeness (QED) is 0.497. The van der Waals surface area contributed by atoms with E-state index in [1.165, 1.54) is 17.6 Å². The summed E-state index contributed by atoms with van der Waals surface area (Å²) in [5, 5.41) is 16.2. The number of aryl methyl sites for hydroxylation is 2. The van der Waals surface area contributed by atoms with Gasteiger partial charge in [0.25, 0.3) is 0 Å². The first-order chi connectivity index (χ1) is 12.6. The van der Waals surface area contributed by atoms with Crippen LogP contribution >= 0.6 is 11.3 Å². The minimum atomic E-state index is -0.872. The van der Waals surface area contributed by atoms with Crippen molar-refractivity contribution in [2.24, 2.45) is 5.10 Å². The zero-order valence-electron chi connectivity index (χ0n) is 14.3. The largest absolute Gasteiger partial charge is 0.329 e. The van der Waals surface area contributed by atoms with Gasteiger partial charge in [-0.05, 0) is 43.7 Å². The lowest BCUT2D eigenvalue weighted by Gasteiger charge is -2.09. The van der Waals surface area contributed by atoms with E-state index in [-0.39, 0.29) is 0 Å². The number of benzene rings is 1. The molecule has 1 aliphatic carbocycles. The third-order valence-electron chi connectivity index (χ3n) is 4.17. The number of carbonyl (C=O) groups is 2. The van der Waals surface area contributed by atoms with Gasteiger partial charge >= 0.3 is 11.8 Å². The van der Waals surface area contributed by atoms with Crippen LogP contribution in [0, 0.1) is 18.3 Å². The van der Waals surface area contributed by atoms with Gasteiger partial charge in [0.2, 0.25) is 0 Å². The van der Waals surface area contributed by atoms with E-state index in [2.05, 4.69) is 21.9 Å². The molecular formula is C19H18N4O2S. The van der Waals surface area contributed by atoms with Crippen LogP contribution in [0.25, 0.3) is 0 Å². The van der Waals surface area contributed by atoms with E-state index in [0.29, 0.717) is 10.6 Å². The van der Waals surface area contributed by atoms with E-state index in [1.54, 1.807) is 0 Å². The molecule has 3 rings (SSSR count). The number of thiophene rings is 1. The number of amides is 2. The number of fused-ring (bicyclic) bond motifs is 1. The molecule has 7 heteroatoms. The van der Waals surface area contributed by atoms with Crippen LogP contribution in [0.2, 0.25) is 0 Å². The fourth-order valence-electron chi connectivity index (χ4n) is 2.80. The Morgan fingerprint density at radius 1 is 1.19 bits per heavy atom. The van der Waals surface area contributed by atoms with Gasteiger partial charge < -0.3 is 5.32 Å². The maximum absolute atomic E-state index is 12.1. The first-order valence-electron chi connectivity index (χ1n) is 8.34. The molecule has 1 heterocycles. The molecular weight excluding hydrogens is 348 g/mol. The van der Waals surface area contributed by atoms with Crippen molar-refractivity contribution in [3.05, 3.63) is 51.4 Å². The van der Waals surface area contributed by atoms with Crippen molar-refractivity contribution in [3.63, 3.8) is 0 Å². The van der Waals surface area contributed by atoms with Gasteiger partial charge in [-0.15, -0.1) is 11.3 Å². The summed E-state index contributed by atoms with van der Waals surface area (Å²) in [6, 6.07) is 9.73. The van der Waals surface area contributed by atoms with Gasteiger partial charge in [0, 0.05) is 4.88 Å². The van der Waals surface area contributed by atoms with Crippen molar-refractivity contribution < 1.29 is 9.59 Å². The molecule has 0 fully saturated rings. The average molecular weight is 366 g/mol. The van der Waals surface area contributed by atoms with Crippen LogP contribution < -0.4 is 10.7 Å². The molecule has 1 aliphatic rings. The summed E-state index contributed by atoms with van der Waals surface area (Å²) in [6.45, 7) is 1.98. The van der Waals surface area contributed by atoms with Crippen LogP contribution in [0.1, 0.15) is 40.0 Å². The van der Waals surface area contributed by atoms with E-state index < -0.39 is 11.8 Å². The van der Waals surface area contributed by atoms with Gasteiger partial charge in [-0.25, -0.2) is 5.43 Å². The molecule has 132 valence electrons. The third-order valence-corrected chi connectivity index (χ3v) is 5.38. The smallest absolute Gasteiger partial charge is 0.308 e. The second-order valence-corrected chi connectivity index (χ2v) is 7.20. The number of rotatable bonds is 3. The second kappa shape index (κ2) is 7.93. The van der Waals surface area contributed by atoms with Gasteiger partial charge in [0.15, 0.2) is 0 Å². The number of anilines is 1. The second-order valence-electron chi connectivity index (χ2n) is 6.09. The number of hydrazone groups is 1. The van der Waals surface area contributed by atoms with Crippen LogP contribution in [0.15, 0.2) is 29.4 Å². The van der Waals surface area contributed by atoms with Crippen molar-refractivity contribution in [1.29, 1.82) is 5.26 Å². The monoisotopic (exact) mass is 366 g/mol. The molecule has 1 aromatic carbocycles. The van der Waals surface area contributed by atoms with Crippen molar-refractivity contribution in [2.45, 2.75) is 32.6 Å². The summed E-state index contributed by atoms with van der Waals surface area (Å²) in [5.41, 5.74) is 5.63. The summed E-state index contributed by atoms with van der Waals surface area (Å²) < 4.78 is 0. The Bertz CT molecular complexity index is 907. The van der Waals surface area contributed by atoms with E-state index in [0.717, 1.165) is 47.3 Å². The lowest BCUT2D eigenvalue weighted by atomic mass is 9.96. The normalized spacial score (nSPS) is 13.1. The lowest BCUT2D eigenvalue weighted by Crippen LogP contribution is -2.32. The lowest BCUT2D eigenvalue weighted by molar-refractivity contribution is -0.136. The maximum atomic E-state index is 12.1. The fraction of sp³-hybridized carbons (Fsp3) is 0.263. The van der Waals surface area contributed by atoms with Crippen molar-refractivity contribution >= 4 is 34.4 Å². The minimum absolute atomic E-state index is 0.446. The zero-order chi connectivity index (χ0) is 18.5. The highest BCUT2D eigenvalue weighted by atomic mass is 32.1. The molecule has 2 amide bonds. The van der Waals surface area contributed by atoms with Crippen LogP contribution in [-0.2, 0) is 22.4 Å². The topological polar surface area (TPSA) is 94.3 Å². The Hall–Kier alpha value is -2.98. The van der Waals surface area contributed by atoms with Crippen LogP contribution in [0.3, 0.4) is 0 Å². The number of carbonyl (C=O) groups excluding carboxylic acids is 2. The molecule has 0 bridgehead atoms. The molecule has 0 atom stereocenters. The molecule has 6 nitrogen and oxygen atoms in total. The molecule has 0 aliphatic heterocycles. The number of hydrogen-bond donors (Lipinski definition) is 2. The third kappa shape index (κ3) is 3.98. The molecule has 0 saturated carbocycles.